The molecule has 1 aromatic heterocycles. The summed E-state index contributed by atoms with van der Waals surface area (Å²) in [5.74, 6) is 5.94. The molecule has 0 aliphatic rings. The van der Waals surface area contributed by atoms with Crippen LogP contribution in [0.25, 0.3) is 0 Å². The van der Waals surface area contributed by atoms with E-state index in [9.17, 15) is 0 Å². The summed E-state index contributed by atoms with van der Waals surface area (Å²) in [5, 5.41) is 8.62. The number of pyridine rings is 1. The molecule has 0 aliphatic carbocycles. The summed E-state index contributed by atoms with van der Waals surface area (Å²) in [6, 6.07) is 6.25. The lowest BCUT2D eigenvalue weighted by atomic mass is 10.2. The molecule has 1 aromatic rings. The van der Waals surface area contributed by atoms with Crippen LogP contribution in [0.1, 0.15) is 18.9 Å². The third kappa shape index (κ3) is 3.50. The SMILES string of the molecule is CC(CC#N)N(C)Cc1ccnc(NN)c1. The molecule has 1 atom stereocenters. The van der Waals surface area contributed by atoms with Crippen LogP contribution in [-0.4, -0.2) is 23.0 Å². The third-order valence-electron chi connectivity index (χ3n) is 2.54. The average molecular weight is 219 g/mol. The van der Waals surface area contributed by atoms with Gasteiger partial charge < -0.3 is 5.43 Å². The molecule has 1 heterocycles. The van der Waals surface area contributed by atoms with Crippen molar-refractivity contribution in [1.82, 2.24) is 9.88 Å². The van der Waals surface area contributed by atoms with Crippen LogP contribution in [0.2, 0.25) is 0 Å². The van der Waals surface area contributed by atoms with Gasteiger partial charge in [0.1, 0.15) is 5.82 Å². The molecule has 0 bridgehead atoms. The number of aromatic nitrogens is 1. The minimum atomic E-state index is 0.243. The Bertz CT molecular complexity index is 371. The van der Waals surface area contributed by atoms with Crippen molar-refractivity contribution in [1.29, 1.82) is 5.26 Å². The standard InChI is InChI=1S/C11H17N5/c1-9(3-5-12)16(2)8-10-4-6-14-11(7-10)15-13/h4,6-7,9H,3,8,13H2,1-2H3,(H,14,15). The number of hydrazine groups is 1. The van der Waals surface area contributed by atoms with Crippen molar-refractivity contribution in [2.24, 2.45) is 5.84 Å². The van der Waals surface area contributed by atoms with Crippen LogP contribution >= 0.6 is 0 Å². The van der Waals surface area contributed by atoms with Gasteiger partial charge in [-0.15, -0.1) is 0 Å². The quantitative estimate of drug-likeness (QED) is 0.572. The third-order valence-corrected chi connectivity index (χ3v) is 2.54. The zero-order valence-corrected chi connectivity index (χ0v) is 9.64. The maximum Gasteiger partial charge on any atom is 0.140 e. The van der Waals surface area contributed by atoms with Gasteiger partial charge in [0.05, 0.1) is 12.5 Å². The first-order valence-corrected chi connectivity index (χ1v) is 5.16. The Morgan fingerprint density at radius 2 is 2.44 bits per heavy atom. The first-order chi connectivity index (χ1) is 7.67. The van der Waals surface area contributed by atoms with Crippen LogP contribution in [0.4, 0.5) is 5.82 Å². The second kappa shape index (κ2) is 6.05. The minimum Gasteiger partial charge on any atom is -0.308 e. The lowest BCUT2D eigenvalue weighted by Crippen LogP contribution is -2.28. The number of nitriles is 1. The highest BCUT2D eigenvalue weighted by Gasteiger charge is 2.09. The molecular weight excluding hydrogens is 202 g/mol. The topological polar surface area (TPSA) is 78.0 Å². The first kappa shape index (κ1) is 12.4. The van der Waals surface area contributed by atoms with Crippen molar-refractivity contribution < 1.29 is 0 Å². The number of nitrogens with one attached hydrogen (secondary N) is 1. The van der Waals surface area contributed by atoms with Crippen molar-refractivity contribution >= 4 is 5.82 Å². The van der Waals surface area contributed by atoms with E-state index in [0.717, 1.165) is 12.1 Å². The molecule has 1 rings (SSSR count). The molecule has 0 aliphatic heterocycles. The van der Waals surface area contributed by atoms with Crippen LogP contribution in [0, 0.1) is 11.3 Å². The van der Waals surface area contributed by atoms with Gasteiger partial charge in [-0.3, -0.25) is 4.90 Å². The number of rotatable bonds is 5. The van der Waals surface area contributed by atoms with Gasteiger partial charge in [0, 0.05) is 18.8 Å². The zero-order chi connectivity index (χ0) is 12.0. The van der Waals surface area contributed by atoms with Crippen molar-refractivity contribution in [3.8, 4) is 6.07 Å². The molecular formula is C11H17N5. The highest BCUT2D eigenvalue weighted by Crippen LogP contribution is 2.10. The van der Waals surface area contributed by atoms with Gasteiger partial charge in [-0.05, 0) is 31.7 Å². The van der Waals surface area contributed by atoms with Gasteiger partial charge in [0.25, 0.3) is 0 Å². The van der Waals surface area contributed by atoms with E-state index in [1.807, 2.05) is 26.1 Å². The van der Waals surface area contributed by atoms with Crippen LogP contribution in [-0.2, 0) is 6.54 Å². The summed E-state index contributed by atoms with van der Waals surface area (Å²) in [6.07, 6.45) is 2.25. The Kier molecular flexibility index (Phi) is 4.70. The highest BCUT2D eigenvalue weighted by atomic mass is 15.2. The maximum absolute atomic E-state index is 8.62. The Morgan fingerprint density at radius 1 is 1.69 bits per heavy atom. The van der Waals surface area contributed by atoms with E-state index in [4.69, 9.17) is 11.1 Å². The molecule has 5 nitrogen and oxygen atoms in total. The second-order valence-corrected chi connectivity index (χ2v) is 3.82. The Labute approximate surface area is 95.9 Å². The number of anilines is 1. The summed E-state index contributed by atoms with van der Waals surface area (Å²) in [7, 11) is 2.00. The molecule has 0 radical (unpaired) electrons. The lowest BCUT2D eigenvalue weighted by Gasteiger charge is -2.22. The highest BCUT2D eigenvalue weighted by molar-refractivity contribution is 5.35. The largest absolute Gasteiger partial charge is 0.308 e. The van der Waals surface area contributed by atoms with E-state index < -0.39 is 0 Å². The van der Waals surface area contributed by atoms with Gasteiger partial charge in [0.15, 0.2) is 0 Å². The fraction of sp³-hybridized carbons (Fsp3) is 0.455. The number of nitrogens with two attached hydrogens (primary N) is 1. The van der Waals surface area contributed by atoms with Gasteiger partial charge in [-0.25, -0.2) is 10.8 Å². The predicted molar refractivity (Wildman–Crippen MR) is 63.2 cm³/mol. The van der Waals surface area contributed by atoms with Gasteiger partial charge >= 0.3 is 0 Å². The van der Waals surface area contributed by atoms with E-state index in [1.165, 1.54) is 0 Å². The smallest absolute Gasteiger partial charge is 0.140 e. The minimum absolute atomic E-state index is 0.243. The van der Waals surface area contributed by atoms with Crippen LogP contribution in [0.3, 0.4) is 0 Å². The summed E-state index contributed by atoms with van der Waals surface area (Å²) in [5.41, 5.74) is 3.63. The maximum atomic E-state index is 8.62. The fourth-order valence-corrected chi connectivity index (χ4v) is 1.38. The molecule has 16 heavy (non-hydrogen) atoms. The average Bonchev–Trinajstić information content (AvgIpc) is 2.29. The van der Waals surface area contributed by atoms with E-state index in [0.29, 0.717) is 12.2 Å². The van der Waals surface area contributed by atoms with Crippen LogP contribution in [0.5, 0.6) is 0 Å². The van der Waals surface area contributed by atoms with Crippen LogP contribution < -0.4 is 11.3 Å². The molecule has 0 saturated heterocycles. The second-order valence-electron chi connectivity index (χ2n) is 3.82. The summed E-state index contributed by atoms with van der Waals surface area (Å²) >= 11 is 0. The number of hydrogen-bond donors (Lipinski definition) is 2. The molecule has 0 spiro atoms. The van der Waals surface area contributed by atoms with E-state index in [1.54, 1.807) is 6.20 Å². The van der Waals surface area contributed by atoms with E-state index in [2.05, 4.69) is 21.4 Å². The normalized spacial score (nSPS) is 12.2. The summed E-state index contributed by atoms with van der Waals surface area (Å²) in [4.78, 5) is 6.16. The number of nitrogens with zero attached hydrogens (tertiary/aromatic N) is 3. The molecule has 86 valence electrons. The number of nitrogen functional groups attached to an aromatic ring is 1. The van der Waals surface area contributed by atoms with Crippen LogP contribution in [0.15, 0.2) is 18.3 Å². The van der Waals surface area contributed by atoms with Crippen molar-refractivity contribution in [2.75, 3.05) is 12.5 Å². The molecule has 0 fully saturated rings. The predicted octanol–water partition coefficient (Wildman–Crippen LogP) is 1.10. The lowest BCUT2D eigenvalue weighted by molar-refractivity contribution is 0.252. The van der Waals surface area contributed by atoms with Gasteiger partial charge in [-0.1, -0.05) is 0 Å². The van der Waals surface area contributed by atoms with E-state index in [-0.39, 0.29) is 6.04 Å². The molecule has 1 unspecified atom stereocenters. The molecule has 0 aromatic carbocycles. The van der Waals surface area contributed by atoms with E-state index >= 15 is 0 Å². The first-order valence-electron chi connectivity index (χ1n) is 5.16. The van der Waals surface area contributed by atoms with Crippen molar-refractivity contribution in [3.05, 3.63) is 23.9 Å². The Hall–Kier alpha value is -1.64. The molecule has 5 heteroatoms. The van der Waals surface area contributed by atoms with Gasteiger partial charge in [0.2, 0.25) is 0 Å². The van der Waals surface area contributed by atoms with Crippen molar-refractivity contribution in [3.63, 3.8) is 0 Å². The Morgan fingerprint density at radius 3 is 3.06 bits per heavy atom. The monoisotopic (exact) mass is 219 g/mol. The number of hydrogen-bond acceptors (Lipinski definition) is 5. The molecule has 0 amide bonds. The summed E-state index contributed by atoms with van der Waals surface area (Å²) < 4.78 is 0. The van der Waals surface area contributed by atoms with Crippen molar-refractivity contribution in [2.45, 2.75) is 25.9 Å². The fourth-order valence-electron chi connectivity index (χ4n) is 1.38. The zero-order valence-electron chi connectivity index (χ0n) is 9.64. The molecule has 3 N–H and O–H groups in total. The molecule has 0 saturated carbocycles. The Balaban J connectivity index is 2.62. The summed E-state index contributed by atoms with van der Waals surface area (Å²) in [6.45, 7) is 2.81. The van der Waals surface area contributed by atoms with Gasteiger partial charge in [-0.2, -0.15) is 5.26 Å².